The van der Waals surface area contributed by atoms with Crippen molar-refractivity contribution in [3.05, 3.63) is 48.0 Å². The van der Waals surface area contributed by atoms with E-state index in [2.05, 4.69) is 6.58 Å². The molecule has 0 fully saturated rings. The fourth-order valence-corrected chi connectivity index (χ4v) is 2.03. The zero-order valence-corrected chi connectivity index (χ0v) is 14.2. The smallest absolute Gasteiger partial charge is 0.335 e. The summed E-state index contributed by atoms with van der Waals surface area (Å²) in [6.07, 6.45) is -0.0369. The van der Waals surface area contributed by atoms with Crippen LogP contribution in [0.25, 0.3) is 0 Å². The Morgan fingerprint density at radius 2 is 1.91 bits per heavy atom. The van der Waals surface area contributed by atoms with Crippen LogP contribution in [0.5, 0.6) is 0 Å². The van der Waals surface area contributed by atoms with Crippen LogP contribution in [0.15, 0.2) is 36.9 Å². The Labute approximate surface area is 137 Å². The molecule has 0 radical (unpaired) electrons. The van der Waals surface area contributed by atoms with Crippen molar-refractivity contribution in [3.8, 4) is 0 Å². The van der Waals surface area contributed by atoms with E-state index in [4.69, 9.17) is 9.47 Å². The predicted octanol–water partition coefficient (Wildman–Crippen LogP) is 2.48. The van der Waals surface area contributed by atoms with Crippen LogP contribution in [-0.2, 0) is 25.6 Å². The molecule has 1 aromatic rings. The van der Waals surface area contributed by atoms with Crippen molar-refractivity contribution in [2.75, 3.05) is 13.7 Å². The summed E-state index contributed by atoms with van der Waals surface area (Å²) in [7, 11) is 1.69. The molecule has 0 aliphatic rings. The van der Waals surface area contributed by atoms with Gasteiger partial charge in [0.1, 0.15) is 0 Å². The molecule has 5 nitrogen and oxygen atoms in total. The van der Waals surface area contributed by atoms with Crippen LogP contribution in [0.3, 0.4) is 0 Å². The molecule has 5 heteroatoms. The molecule has 2 unspecified atom stereocenters. The molecular formula is C18H25NO4. The van der Waals surface area contributed by atoms with Gasteiger partial charge in [0.2, 0.25) is 0 Å². The first-order chi connectivity index (χ1) is 10.9. The highest BCUT2D eigenvalue weighted by Crippen LogP contribution is 2.11. The second-order valence-electron chi connectivity index (χ2n) is 5.46. The molecular weight excluding hydrogens is 294 g/mol. The Balaban J connectivity index is 2.57. The lowest BCUT2D eigenvalue weighted by molar-refractivity contribution is -0.167. The number of ether oxygens (including phenoxy) is 2. The van der Waals surface area contributed by atoms with Gasteiger partial charge < -0.3 is 14.4 Å². The monoisotopic (exact) mass is 319 g/mol. The van der Waals surface area contributed by atoms with E-state index < -0.39 is 18.2 Å². The van der Waals surface area contributed by atoms with Gasteiger partial charge in [-0.25, -0.2) is 4.79 Å². The van der Waals surface area contributed by atoms with E-state index in [1.165, 1.54) is 0 Å². The molecule has 0 heterocycles. The van der Waals surface area contributed by atoms with E-state index in [9.17, 15) is 9.59 Å². The largest absolute Gasteiger partial charge is 0.451 e. The lowest BCUT2D eigenvalue weighted by Crippen LogP contribution is -2.39. The number of nitrogens with zero attached hydrogens (tertiary/aromatic N) is 1. The summed E-state index contributed by atoms with van der Waals surface area (Å²) in [6.45, 7) is 9.38. The Bertz CT molecular complexity index is 556. The lowest BCUT2D eigenvalue weighted by atomic mass is 10.1. The van der Waals surface area contributed by atoms with Gasteiger partial charge in [0.15, 0.2) is 12.2 Å². The molecule has 0 aliphatic carbocycles. The van der Waals surface area contributed by atoms with Gasteiger partial charge in [0.25, 0.3) is 5.91 Å². The average Bonchev–Trinajstić information content (AvgIpc) is 2.53. The van der Waals surface area contributed by atoms with E-state index in [0.29, 0.717) is 6.54 Å². The second-order valence-corrected chi connectivity index (χ2v) is 5.46. The van der Waals surface area contributed by atoms with Crippen LogP contribution in [0.4, 0.5) is 0 Å². The number of rotatable bonds is 8. The van der Waals surface area contributed by atoms with Crippen LogP contribution in [0.1, 0.15) is 25.0 Å². The van der Waals surface area contributed by atoms with Crippen LogP contribution >= 0.6 is 0 Å². The maximum absolute atomic E-state index is 12.3. The number of likely N-dealkylation sites (N-methyl/N-ethyl adjacent to an activating group) is 1. The van der Waals surface area contributed by atoms with Gasteiger partial charge in [-0.15, -0.1) is 6.58 Å². The fourth-order valence-electron chi connectivity index (χ4n) is 2.03. The van der Waals surface area contributed by atoms with E-state index in [1.54, 1.807) is 31.9 Å². The summed E-state index contributed by atoms with van der Waals surface area (Å²) in [5.74, 6) is -0.811. The zero-order valence-electron chi connectivity index (χ0n) is 14.2. The highest BCUT2D eigenvalue weighted by atomic mass is 16.6. The third kappa shape index (κ3) is 5.87. The number of hydrogen-bond acceptors (Lipinski definition) is 4. The lowest BCUT2D eigenvalue weighted by Gasteiger charge is -2.23. The van der Waals surface area contributed by atoms with Crippen LogP contribution in [0, 0.1) is 6.92 Å². The summed E-state index contributed by atoms with van der Waals surface area (Å²) in [5.41, 5.74) is 2.17. The van der Waals surface area contributed by atoms with Crippen molar-refractivity contribution in [1.29, 1.82) is 0 Å². The van der Waals surface area contributed by atoms with Gasteiger partial charge >= 0.3 is 5.97 Å². The van der Waals surface area contributed by atoms with Crippen LogP contribution in [0.2, 0.25) is 0 Å². The minimum Gasteiger partial charge on any atom is -0.451 e. The normalized spacial score (nSPS) is 13.0. The summed E-state index contributed by atoms with van der Waals surface area (Å²) < 4.78 is 10.4. The van der Waals surface area contributed by atoms with Gasteiger partial charge in [-0.05, 0) is 31.9 Å². The maximum atomic E-state index is 12.3. The van der Waals surface area contributed by atoms with E-state index in [1.807, 2.05) is 31.2 Å². The van der Waals surface area contributed by atoms with Gasteiger partial charge in [-0.3, -0.25) is 4.79 Å². The Morgan fingerprint density at radius 3 is 2.52 bits per heavy atom. The standard InChI is InChI=1S/C18H25NO4/c1-6-11-22-15(4)18(21)23-14(3)17(20)19(5)12-16-10-8-7-9-13(16)2/h6-10,14-15H,1,11-12H2,2-5H3. The molecule has 23 heavy (non-hydrogen) atoms. The van der Waals surface area contributed by atoms with Crippen molar-refractivity contribution >= 4 is 11.9 Å². The van der Waals surface area contributed by atoms with Gasteiger partial charge in [0, 0.05) is 13.6 Å². The van der Waals surface area contributed by atoms with Gasteiger partial charge in [0.05, 0.1) is 6.61 Å². The molecule has 1 aromatic carbocycles. The summed E-state index contributed by atoms with van der Waals surface area (Å²) in [4.78, 5) is 25.7. The van der Waals surface area contributed by atoms with E-state index in [0.717, 1.165) is 11.1 Å². The number of carbonyl (C=O) groups is 2. The molecule has 0 spiro atoms. The Morgan fingerprint density at radius 1 is 1.26 bits per heavy atom. The molecule has 126 valence electrons. The zero-order chi connectivity index (χ0) is 17.4. The molecule has 2 atom stereocenters. The molecule has 0 N–H and O–H groups in total. The third-order valence-corrected chi connectivity index (χ3v) is 3.48. The number of benzene rings is 1. The van der Waals surface area contributed by atoms with E-state index >= 15 is 0 Å². The third-order valence-electron chi connectivity index (χ3n) is 3.48. The molecule has 0 saturated carbocycles. The first-order valence-corrected chi connectivity index (χ1v) is 7.59. The summed E-state index contributed by atoms with van der Waals surface area (Å²) in [5, 5.41) is 0. The fraction of sp³-hybridized carbons (Fsp3) is 0.444. The SMILES string of the molecule is C=CCOC(C)C(=O)OC(C)C(=O)N(C)Cc1ccccc1C. The molecule has 0 bridgehead atoms. The highest BCUT2D eigenvalue weighted by Gasteiger charge is 2.24. The first-order valence-electron chi connectivity index (χ1n) is 7.59. The maximum Gasteiger partial charge on any atom is 0.335 e. The molecule has 1 amide bonds. The average molecular weight is 319 g/mol. The minimum atomic E-state index is -0.855. The molecule has 0 saturated heterocycles. The first kappa shape index (κ1) is 18.9. The van der Waals surface area contributed by atoms with Crippen molar-refractivity contribution in [1.82, 2.24) is 4.90 Å². The number of esters is 1. The summed E-state index contributed by atoms with van der Waals surface area (Å²) in [6, 6.07) is 7.86. The predicted molar refractivity (Wildman–Crippen MR) is 88.8 cm³/mol. The highest BCUT2D eigenvalue weighted by molar-refractivity contribution is 5.84. The minimum absolute atomic E-state index is 0.252. The van der Waals surface area contributed by atoms with Crippen molar-refractivity contribution in [2.24, 2.45) is 0 Å². The molecule has 0 aliphatic heterocycles. The van der Waals surface area contributed by atoms with Crippen molar-refractivity contribution in [2.45, 2.75) is 39.5 Å². The molecule has 0 aromatic heterocycles. The van der Waals surface area contributed by atoms with Crippen molar-refractivity contribution in [3.63, 3.8) is 0 Å². The Hall–Kier alpha value is -2.14. The quantitative estimate of drug-likeness (QED) is 0.545. The number of carbonyl (C=O) groups excluding carboxylic acids is 2. The van der Waals surface area contributed by atoms with Crippen LogP contribution < -0.4 is 0 Å². The second kappa shape index (κ2) is 9.10. The Kier molecular flexibility index (Phi) is 7.48. The number of amides is 1. The van der Waals surface area contributed by atoms with Crippen molar-refractivity contribution < 1.29 is 19.1 Å². The van der Waals surface area contributed by atoms with Crippen LogP contribution in [-0.4, -0.2) is 42.6 Å². The number of hydrogen-bond donors (Lipinski definition) is 0. The summed E-state index contributed by atoms with van der Waals surface area (Å²) >= 11 is 0. The van der Waals surface area contributed by atoms with E-state index in [-0.39, 0.29) is 12.5 Å². The number of aryl methyl sites for hydroxylation is 1. The van der Waals surface area contributed by atoms with Gasteiger partial charge in [-0.1, -0.05) is 30.3 Å². The topological polar surface area (TPSA) is 55.8 Å². The molecule has 1 rings (SSSR count). The van der Waals surface area contributed by atoms with Gasteiger partial charge in [-0.2, -0.15) is 0 Å².